The molecule has 0 fully saturated rings. The SMILES string of the molecule is CCC(CCN)CCC(=O)N(C)Cc1ncn[nH]1. The molecule has 0 bridgehead atoms. The van der Waals surface area contributed by atoms with Crippen LogP contribution in [0.25, 0.3) is 0 Å². The average Bonchev–Trinajstić information content (AvgIpc) is 2.86. The Kier molecular flexibility index (Phi) is 6.35. The van der Waals surface area contributed by atoms with Crippen LogP contribution in [0.3, 0.4) is 0 Å². The summed E-state index contributed by atoms with van der Waals surface area (Å²) >= 11 is 0. The first-order valence-corrected chi connectivity index (χ1v) is 6.45. The first-order chi connectivity index (χ1) is 8.67. The first-order valence-electron chi connectivity index (χ1n) is 6.45. The maximum atomic E-state index is 11.9. The molecule has 0 aliphatic rings. The highest BCUT2D eigenvalue weighted by Crippen LogP contribution is 2.15. The van der Waals surface area contributed by atoms with Crippen molar-refractivity contribution in [2.24, 2.45) is 11.7 Å². The fraction of sp³-hybridized carbons (Fsp3) is 0.750. The number of aromatic amines is 1. The average molecular weight is 253 g/mol. The van der Waals surface area contributed by atoms with Crippen molar-refractivity contribution in [3.05, 3.63) is 12.2 Å². The molecule has 0 saturated heterocycles. The van der Waals surface area contributed by atoms with E-state index in [0.29, 0.717) is 31.3 Å². The molecule has 6 nitrogen and oxygen atoms in total. The standard InChI is InChI=1S/C12H23N5O/c1-3-10(6-7-13)4-5-12(18)17(2)8-11-14-9-15-16-11/h9-10H,3-8,13H2,1-2H3,(H,14,15,16). The Morgan fingerprint density at radius 1 is 1.56 bits per heavy atom. The molecule has 1 amide bonds. The number of hydrogen-bond donors (Lipinski definition) is 2. The first kappa shape index (κ1) is 14.6. The van der Waals surface area contributed by atoms with Crippen molar-refractivity contribution in [3.8, 4) is 0 Å². The smallest absolute Gasteiger partial charge is 0.222 e. The van der Waals surface area contributed by atoms with Gasteiger partial charge in [0.25, 0.3) is 0 Å². The van der Waals surface area contributed by atoms with Crippen molar-refractivity contribution in [1.82, 2.24) is 20.1 Å². The molecule has 0 saturated carbocycles. The van der Waals surface area contributed by atoms with Crippen molar-refractivity contribution in [1.29, 1.82) is 0 Å². The molecule has 1 aromatic rings. The van der Waals surface area contributed by atoms with Crippen LogP contribution in [0.2, 0.25) is 0 Å². The summed E-state index contributed by atoms with van der Waals surface area (Å²) in [6.07, 6.45) is 5.00. The Hall–Kier alpha value is -1.43. The van der Waals surface area contributed by atoms with E-state index in [0.717, 1.165) is 19.3 Å². The summed E-state index contributed by atoms with van der Waals surface area (Å²) in [5.41, 5.74) is 5.55. The van der Waals surface area contributed by atoms with Crippen LogP contribution in [0.15, 0.2) is 6.33 Å². The second-order valence-electron chi connectivity index (χ2n) is 4.57. The van der Waals surface area contributed by atoms with Gasteiger partial charge in [0.05, 0.1) is 6.54 Å². The molecular weight excluding hydrogens is 230 g/mol. The summed E-state index contributed by atoms with van der Waals surface area (Å²) in [6, 6.07) is 0. The van der Waals surface area contributed by atoms with Crippen LogP contribution in [-0.4, -0.2) is 39.6 Å². The lowest BCUT2D eigenvalue weighted by atomic mass is 9.96. The molecule has 6 heteroatoms. The summed E-state index contributed by atoms with van der Waals surface area (Å²) in [4.78, 5) is 17.6. The third kappa shape index (κ3) is 4.83. The van der Waals surface area contributed by atoms with Gasteiger partial charge in [-0.25, -0.2) is 4.98 Å². The minimum absolute atomic E-state index is 0.141. The van der Waals surface area contributed by atoms with Gasteiger partial charge in [0.1, 0.15) is 12.2 Å². The van der Waals surface area contributed by atoms with Crippen LogP contribution in [0.5, 0.6) is 0 Å². The normalized spacial score (nSPS) is 12.4. The molecule has 0 aliphatic carbocycles. The number of carbonyl (C=O) groups is 1. The van der Waals surface area contributed by atoms with Gasteiger partial charge < -0.3 is 10.6 Å². The maximum Gasteiger partial charge on any atom is 0.222 e. The highest BCUT2D eigenvalue weighted by molar-refractivity contribution is 5.75. The molecule has 1 atom stereocenters. The van der Waals surface area contributed by atoms with Crippen LogP contribution < -0.4 is 5.73 Å². The van der Waals surface area contributed by atoms with E-state index in [4.69, 9.17) is 5.73 Å². The summed E-state index contributed by atoms with van der Waals surface area (Å²) in [5, 5.41) is 6.51. The van der Waals surface area contributed by atoms with E-state index < -0.39 is 0 Å². The molecule has 1 heterocycles. The van der Waals surface area contributed by atoms with Gasteiger partial charge in [-0.2, -0.15) is 5.10 Å². The summed E-state index contributed by atoms with van der Waals surface area (Å²) in [6.45, 7) is 3.32. The highest BCUT2D eigenvalue weighted by Gasteiger charge is 2.13. The zero-order valence-corrected chi connectivity index (χ0v) is 11.2. The fourth-order valence-electron chi connectivity index (χ4n) is 1.93. The maximum absolute atomic E-state index is 11.9. The Labute approximate surface area is 108 Å². The van der Waals surface area contributed by atoms with Crippen molar-refractivity contribution >= 4 is 5.91 Å². The third-order valence-corrected chi connectivity index (χ3v) is 3.20. The monoisotopic (exact) mass is 253 g/mol. The van der Waals surface area contributed by atoms with E-state index in [1.54, 1.807) is 11.9 Å². The number of amides is 1. The van der Waals surface area contributed by atoms with E-state index in [2.05, 4.69) is 22.1 Å². The zero-order chi connectivity index (χ0) is 13.4. The summed E-state index contributed by atoms with van der Waals surface area (Å²) < 4.78 is 0. The molecule has 3 N–H and O–H groups in total. The molecule has 18 heavy (non-hydrogen) atoms. The zero-order valence-electron chi connectivity index (χ0n) is 11.2. The largest absolute Gasteiger partial charge is 0.338 e. The Balaban J connectivity index is 2.31. The number of hydrogen-bond acceptors (Lipinski definition) is 4. The Morgan fingerprint density at radius 3 is 2.89 bits per heavy atom. The number of aromatic nitrogens is 3. The van der Waals surface area contributed by atoms with Crippen molar-refractivity contribution in [3.63, 3.8) is 0 Å². The van der Waals surface area contributed by atoms with E-state index in [-0.39, 0.29) is 5.91 Å². The second-order valence-corrected chi connectivity index (χ2v) is 4.57. The number of nitrogens with one attached hydrogen (secondary N) is 1. The van der Waals surface area contributed by atoms with Crippen molar-refractivity contribution in [2.75, 3.05) is 13.6 Å². The number of nitrogens with two attached hydrogens (primary N) is 1. The van der Waals surface area contributed by atoms with Crippen LogP contribution >= 0.6 is 0 Å². The van der Waals surface area contributed by atoms with Gasteiger partial charge in [-0.3, -0.25) is 9.89 Å². The molecule has 102 valence electrons. The van der Waals surface area contributed by atoms with Gasteiger partial charge in [0, 0.05) is 13.5 Å². The second kappa shape index (κ2) is 7.81. The lowest BCUT2D eigenvalue weighted by molar-refractivity contribution is -0.130. The number of H-pyrrole nitrogens is 1. The molecule has 1 aromatic heterocycles. The molecule has 0 spiro atoms. The van der Waals surface area contributed by atoms with Crippen LogP contribution in [0.1, 0.15) is 38.4 Å². The lowest BCUT2D eigenvalue weighted by Gasteiger charge is -2.18. The van der Waals surface area contributed by atoms with Crippen LogP contribution in [0, 0.1) is 5.92 Å². The summed E-state index contributed by atoms with van der Waals surface area (Å²) in [7, 11) is 1.79. The van der Waals surface area contributed by atoms with Gasteiger partial charge in [0.15, 0.2) is 0 Å². The number of nitrogens with zero attached hydrogens (tertiary/aromatic N) is 3. The van der Waals surface area contributed by atoms with Crippen molar-refractivity contribution in [2.45, 2.75) is 39.2 Å². The predicted molar refractivity (Wildman–Crippen MR) is 69.5 cm³/mol. The molecule has 0 aromatic carbocycles. The van der Waals surface area contributed by atoms with E-state index >= 15 is 0 Å². The highest BCUT2D eigenvalue weighted by atomic mass is 16.2. The van der Waals surface area contributed by atoms with E-state index in [1.165, 1.54) is 6.33 Å². The Bertz CT molecular complexity index is 338. The number of carbonyl (C=O) groups excluding carboxylic acids is 1. The number of rotatable bonds is 8. The van der Waals surface area contributed by atoms with E-state index in [9.17, 15) is 4.79 Å². The van der Waals surface area contributed by atoms with Crippen LogP contribution in [-0.2, 0) is 11.3 Å². The van der Waals surface area contributed by atoms with E-state index in [1.807, 2.05) is 0 Å². The molecule has 0 radical (unpaired) electrons. The molecule has 0 aliphatic heterocycles. The van der Waals surface area contributed by atoms with Gasteiger partial charge in [0.2, 0.25) is 5.91 Å². The minimum Gasteiger partial charge on any atom is -0.338 e. The molecular formula is C12H23N5O. The minimum atomic E-state index is 0.141. The lowest BCUT2D eigenvalue weighted by Crippen LogP contribution is -2.27. The molecule has 1 unspecified atom stereocenters. The summed E-state index contributed by atoms with van der Waals surface area (Å²) in [5.74, 6) is 1.40. The quantitative estimate of drug-likeness (QED) is 0.721. The predicted octanol–water partition coefficient (Wildman–Crippen LogP) is 0.918. The fourth-order valence-corrected chi connectivity index (χ4v) is 1.93. The third-order valence-electron chi connectivity index (χ3n) is 3.20. The van der Waals surface area contributed by atoms with Crippen molar-refractivity contribution < 1.29 is 4.79 Å². The Morgan fingerprint density at radius 2 is 2.33 bits per heavy atom. The molecule has 1 rings (SSSR count). The van der Waals surface area contributed by atoms with Gasteiger partial charge >= 0.3 is 0 Å². The van der Waals surface area contributed by atoms with Gasteiger partial charge in [-0.05, 0) is 25.3 Å². The van der Waals surface area contributed by atoms with Gasteiger partial charge in [-0.15, -0.1) is 0 Å². The van der Waals surface area contributed by atoms with Gasteiger partial charge in [-0.1, -0.05) is 13.3 Å². The topological polar surface area (TPSA) is 87.9 Å². The van der Waals surface area contributed by atoms with Crippen LogP contribution in [0.4, 0.5) is 0 Å².